The molecule has 0 aliphatic carbocycles. The van der Waals surface area contributed by atoms with Crippen molar-refractivity contribution in [2.24, 2.45) is 5.92 Å². The fourth-order valence-corrected chi connectivity index (χ4v) is 3.14. The molecule has 6 nitrogen and oxygen atoms in total. The van der Waals surface area contributed by atoms with E-state index in [1.807, 2.05) is 0 Å². The Morgan fingerprint density at radius 2 is 2.12 bits per heavy atom. The van der Waals surface area contributed by atoms with Crippen molar-refractivity contribution in [1.82, 2.24) is 4.31 Å². The molecular weight excluding hydrogens is 234 g/mol. The summed E-state index contributed by atoms with van der Waals surface area (Å²) in [5.41, 5.74) is 0. The summed E-state index contributed by atoms with van der Waals surface area (Å²) in [5.74, 6) is -0.373. The van der Waals surface area contributed by atoms with E-state index in [0.29, 0.717) is 13.1 Å². The summed E-state index contributed by atoms with van der Waals surface area (Å²) < 4.78 is 29.0. The number of hydrogen-bond acceptors (Lipinski definition) is 5. The van der Waals surface area contributed by atoms with Crippen LogP contribution in [0.25, 0.3) is 0 Å². The number of carbonyl (C=O) groups is 1. The molecule has 1 fully saturated rings. The molecule has 0 atom stereocenters. The first-order valence-electron chi connectivity index (χ1n) is 5.15. The van der Waals surface area contributed by atoms with E-state index in [1.165, 1.54) is 11.4 Å². The van der Waals surface area contributed by atoms with Gasteiger partial charge in [-0.2, -0.15) is 0 Å². The third kappa shape index (κ3) is 3.43. The smallest absolute Gasteiger partial charge is 0.305 e. The molecule has 0 radical (unpaired) electrons. The van der Waals surface area contributed by atoms with Gasteiger partial charge in [-0.1, -0.05) is 0 Å². The van der Waals surface area contributed by atoms with Crippen molar-refractivity contribution in [2.75, 3.05) is 32.6 Å². The number of nitrogens with zero attached hydrogens (tertiary/aromatic N) is 1. The predicted octanol–water partition coefficient (Wildman–Crippen LogP) is -0.806. The molecule has 1 aliphatic rings. The molecule has 1 aliphatic heterocycles. The van der Waals surface area contributed by atoms with Crippen molar-refractivity contribution >= 4 is 16.0 Å². The Labute approximate surface area is 95.2 Å². The van der Waals surface area contributed by atoms with Crippen LogP contribution >= 0.6 is 0 Å². The Morgan fingerprint density at radius 3 is 2.62 bits per heavy atom. The molecule has 1 N–H and O–H groups in total. The molecule has 94 valence electrons. The predicted molar refractivity (Wildman–Crippen MR) is 57.2 cm³/mol. The molecule has 1 heterocycles. The number of rotatable bonds is 6. The highest BCUT2D eigenvalue weighted by Gasteiger charge is 2.34. The molecule has 0 bridgehead atoms. The third-order valence-electron chi connectivity index (χ3n) is 2.59. The third-order valence-corrected chi connectivity index (χ3v) is 4.48. The molecule has 0 aromatic carbocycles. The number of aliphatic hydroxyl groups is 1. The maximum Gasteiger partial charge on any atom is 0.305 e. The summed E-state index contributed by atoms with van der Waals surface area (Å²) in [6.45, 7) is 0.794. The second-order valence-corrected chi connectivity index (χ2v) is 5.95. The van der Waals surface area contributed by atoms with Crippen LogP contribution in [0.15, 0.2) is 0 Å². The van der Waals surface area contributed by atoms with Crippen LogP contribution in [0.2, 0.25) is 0 Å². The zero-order valence-corrected chi connectivity index (χ0v) is 10.1. The lowest BCUT2D eigenvalue weighted by molar-refractivity contribution is -0.140. The topological polar surface area (TPSA) is 83.9 Å². The molecule has 0 saturated carbocycles. The zero-order valence-electron chi connectivity index (χ0n) is 9.26. The number of hydrogen-bond donors (Lipinski definition) is 1. The molecule has 7 heteroatoms. The Kier molecular flexibility index (Phi) is 4.69. The molecule has 0 aromatic heterocycles. The van der Waals surface area contributed by atoms with Gasteiger partial charge in [0, 0.05) is 32.0 Å². The molecule has 0 unspecified atom stereocenters. The van der Waals surface area contributed by atoms with Crippen molar-refractivity contribution in [3.63, 3.8) is 0 Å². The normalized spacial score (nSPS) is 18.1. The van der Waals surface area contributed by atoms with E-state index in [2.05, 4.69) is 4.74 Å². The highest BCUT2D eigenvalue weighted by Crippen LogP contribution is 2.19. The lowest BCUT2D eigenvalue weighted by atomic mass is 10.1. The average Bonchev–Trinajstić information content (AvgIpc) is 2.15. The molecule has 1 rings (SSSR count). The van der Waals surface area contributed by atoms with Gasteiger partial charge in [-0.05, 0) is 6.42 Å². The number of sulfonamides is 1. The van der Waals surface area contributed by atoms with Crippen LogP contribution in [-0.4, -0.2) is 56.4 Å². The van der Waals surface area contributed by atoms with Crippen molar-refractivity contribution in [2.45, 2.75) is 12.8 Å². The minimum atomic E-state index is -3.26. The van der Waals surface area contributed by atoms with Gasteiger partial charge in [0.1, 0.15) is 0 Å². The van der Waals surface area contributed by atoms with Gasteiger partial charge >= 0.3 is 5.97 Å². The number of carbonyl (C=O) groups excluding carboxylic acids is 1. The molecule has 0 amide bonds. The van der Waals surface area contributed by atoms with E-state index in [9.17, 15) is 13.2 Å². The summed E-state index contributed by atoms with van der Waals surface area (Å²) in [6.07, 6.45) is 0.391. The van der Waals surface area contributed by atoms with Gasteiger partial charge in [0.15, 0.2) is 0 Å². The van der Waals surface area contributed by atoms with E-state index < -0.39 is 16.0 Å². The van der Waals surface area contributed by atoms with Gasteiger partial charge in [-0.25, -0.2) is 12.7 Å². The summed E-state index contributed by atoms with van der Waals surface area (Å²) in [5, 5.41) is 8.77. The monoisotopic (exact) mass is 251 g/mol. The molecule has 0 spiro atoms. The maximum atomic E-state index is 11.6. The summed E-state index contributed by atoms with van der Waals surface area (Å²) in [4.78, 5) is 10.8. The first kappa shape index (κ1) is 13.4. The molecule has 0 aromatic rings. The van der Waals surface area contributed by atoms with Gasteiger partial charge in [0.25, 0.3) is 0 Å². The highest BCUT2D eigenvalue weighted by atomic mass is 32.2. The summed E-state index contributed by atoms with van der Waals surface area (Å²) >= 11 is 0. The van der Waals surface area contributed by atoms with E-state index in [1.54, 1.807) is 0 Å². The van der Waals surface area contributed by atoms with Gasteiger partial charge < -0.3 is 9.84 Å². The van der Waals surface area contributed by atoms with E-state index in [-0.39, 0.29) is 31.1 Å². The molecular formula is C9H17NO5S. The Balaban J connectivity index is 2.28. The van der Waals surface area contributed by atoms with Crippen LogP contribution in [-0.2, 0) is 19.6 Å². The highest BCUT2D eigenvalue weighted by molar-refractivity contribution is 7.89. The Bertz CT molecular complexity index is 334. The minimum Gasteiger partial charge on any atom is -0.469 e. The first-order valence-corrected chi connectivity index (χ1v) is 6.76. The SMILES string of the molecule is COC(=O)CCCS(=O)(=O)N1CC(CO)C1. The van der Waals surface area contributed by atoms with Gasteiger partial charge in [-0.15, -0.1) is 0 Å². The first-order chi connectivity index (χ1) is 7.49. The van der Waals surface area contributed by atoms with Gasteiger partial charge in [0.05, 0.1) is 12.9 Å². The zero-order chi connectivity index (χ0) is 12.2. The fraction of sp³-hybridized carbons (Fsp3) is 0.889. The lowest BCUT2D eigenvalue weighted by Gasteiger charge is -2.36. The molecule has 16 heavy (non-hydrogen) atoms. The van der Waals surface area contributed by atoms with Gasteiger partial charge in [-0.3, -0.25) is 4.79 Å². The lowest BCUT2D eigenvalue weighted by Crippen LogP contribution is -2.51. The van der Waals surface area contributed by atoms with Crippen LogP contribution < -0.4 is 0 Å². The van der Waals surface area contributed by atoms with Crippen LogP contribution in [0.1, 0.15) is 12.8 Å². The average molecular weight is 251 g/mol. The van der Waals surface area contributed by atoms with Crippen LogP contribution in [0, 0.1) is 5.92 Å². The van der Waals surface area contributed by atoms with E-state index in [0.717, 1.165) is 0 Å². The molecule has 1 saturated heterocycles. The number of esters is 1. The number of aliphatic hydroxyl groups excluding tert-OH is 1. The Morgan fingerprint density at radius 1 is 1.50 bits per heavy atom. The Hall–Kier alpha value is -0.660. The van der Waals surface area contributed by atoms with Crippen LogP contribution in [0.4, 0.5) is 0 Å². The standard InChI is InChI=1S/C9H17NO5S/c1-15-9(12)3-2-4-16(13,14)10-5-8(6-10)7-11/h8,11H,2-7H2,1H3. The summed E-state index contributed by atoms with van der Waals surface area (Å²) in [7, 11) is -1.98. The maximum absolute atomic E-state index is 11.6. The van der Waals surface area contributed by atoms with Crippen LogP contribution in [0.5, 0.6) is 0 Å². The largest absolute Gasteiger partial charge is 0.469 e. The second kappa shape index (κ2) is 5.60. The van der Waals surface area contributed by atoms with Crippen molar-refractivity contribution in [3.8, 4) is 0 Å². The van der Waals surface area contributed by atoms with Crippen molar-refractivity contribution in [1.29, 1.82) is 0 Å². The van der Waals surface area contributed by atoms with Crippen molar-refractivity contribution < 1.29 is 23.1 Å². The number of ether oxygens (including phenoxy) is 1. The second-order valence-electron chi connectivity index (χ2n) is 3.86. The quantitative estimate of drug-likeness (QED) is 0.624. The van der Waals surface area contributed by atoms with Gasteiger partial charge in [0.2, 0.25) is 10.0 Å². The minimum absolute atomic E-state index is 0.0220. The fourth-order valence-electron chi connectivity index (χ4n) is 1.50. The van der Waals surface area contributed by atoms with Crippen molar-refractivity contribution in [3.05, 3.63) is 0 Å². The van der Waals surface area contributed by atoms with Crippen LogP contribution in [0.3, 0.4) is 0 Å². The van der Waals surface area contributed by atoms with E-state index in [4.69, 9.17) is 5.11 Å². The van der Waals surface area contributed by atoms with E-state index >= 15 is 0 Å². The number of methoxy groups -OCH3 is 1. The summed E-state index contributed by atoms with van der Waals surface area (Å²) in [6, 6.07) is 0.